The maximum atomic E-state index is 13.7. The van der Waals surface area contributed by atoms with Gasteiger partial charge < -0.3 is 10.0 Å². The third-order valence-corrected chi connectivity index (χ3v) is 4.80. The van der Waals surface area contributed by atoms with E-state index in [1.807, 2.05) is 0 Å². The molecule has 0 aliphatic carbocycles. The molecule has 132 valence electrons. The Morgan fingerprint density at radius 3 is 2.56 bits per heavy atom. The third kappa shape index (κ3) is 3.98. The van der Waals surface area contributed by atoms with Crippen LogP contribution in [0, 0.1) is 17.6 Å². The van der Waals surface area contributed by atoms with Gasteiger partial charge in [-0.05, 0) is 55.9 Å². The predicted molar refractivity (Wildman–Crippen MR) is 91.4 cm³/mol. The molecule has 0 radical (unpaired) electrons. The number of hydrogen-bond acceptors (Lipinski definition) is 2. The molecule has 1 N–H and O–H groups in total. The number of carbonyl (C=O) groups is 1. The van der Waals surface area contributed by atoms with Gasteiger partial charge in [-0.15, -0.1) is 0 Å². The van der Waals surface area contributed by atoms with Crippen molar-refractivity contribution in [3.05, 3.63) is 65.2 Å². The molecule has 0 aromatic heterocycles. The van der Waals surface area contributed by atoms with Crippen LogP contribution in [0.15, 0.2) is 42.5 Å². The van der Waals surface area contributed by atoms with Crippen LogP contribution in [-0.4, -0.2) is 29.0 Å². The second-order valence-electron chi connectivity index (χ2n) is 6.52. The molecule has 2 aromatic rings. The van der Waals surface area contributed by atoms with Crippen LogP contribution in [0.2, 0.25) is 0 Å². The Balaban J connectivity index is 1.63. The number of aromatic hydroxyl groups is 1. The van der Waals surface area contributed by atoms with E-state index in [-0.39, 0.29) is 23.1 Å². The van der Waals surface area contributed by atoms with Crippen LogP contribution in [0.3, 0.4) is 0 Å². The number of phenols is 1. The van der Waals surface area contributed by atoms with Gasteiger partial charge in [0.25, 0.3) is 5.91 Å². The molecule has 3 nitrogen and oxygen atoms in total. The largest absolute Gasteiger partial charge is 0.507 e. The fourth-order valence-electron chi connectivity index (χ4n) is 3.43. The monoisotopic (exact) mass is 345 g/mol. The summed E-state index contributed by atoms with van der Waals surface area (Å²) in [5.74, 6) is -1.05. The summed E-state index contributed by atoms with van der Waals surface area (Å²) >= 11 is 0. The van der Waals surface area contributed by atoms with Gasteiger partial charge in [-0.25, -0.2) is 8.78 Å². The second kappa shape index (κ2) is 7.64. The van der Waals surface area contributed by atoms with Gasteiger partial charge in [0.05, 0.1) is 5.56 Å². The third-order valence-electron chi connectivity index (χ3n) is 4.80. The maximum Gasteiger partial charge on any atom is 0.257 e. The highest BCUT2D eigenvalue weighted by Gasteiger charge is 2.26. The predicted octanol–water partition coefficient (Wildman–Crippen LogP) is 4.16. The van der Waals surface area contributed by atoms with E-state index < -0.39 is 11.6 Å². The number of phenolic OH excluding ortho intramolecular Hbond substituents is 1. The first kappa shape index (κ1) is 17.4. The SMILES string of the molecule is O=C(c1ccccc1O)N1CCC[C@H](CCc2c(F)cccc2F)C1. The minimum absolute atomic E-state index is 0.0250. The number of nitrogens with zero attached hydrogens (tertiary/aromatic N) is 1. The van der Waals surface area contributed by atoms with Gasteiger partial charge in [0.2, 0.25) is 0 Å². The molecule has 1 amide bonds. The summed E-state index contributed by atoms with van der Waals surface area (Å²) < 4.78 is 27.5. The lowest BCUT2D eigenvalue weighted by Gasteiger charge is -2.33. The van der Waals surface area contributed by atoms with E-state index in [2.05, 4.69) is 0 Å². The molecule has 0 bridgehead atoms. The Labute approximate surface area is 145 Å². The zero-order valence-corrected chi connectivity index (χ0v) is 13.9. The highest BCUT2D eigenvalue weighted by atomic mass is 19.1. The van der Waals surface area contributed by atoms with E-state index in [9.17, 15) is 18.7 Å². The van der Waals surface area contributed by atoms with Crippen molar-refractivity contribution in [1.29, 1.82) is 0 Å². The standard InChI is InChI=1S/C20H21F2NO2/c21-17-7-3-8-18(22)15(17)11-10-14-5-4-12-23(13-14)20(25)16-6-1-2-9-19(16)24/h1-3,6-9,14,24H,4-5,10-13H2/t14-/m1/s1. The van der Waals surface area contributed by atoms with Crippen molar-refractivity contribution in [3.8, 4) is 5.75 Å². The van der Waals surface area contributed by atoms with Crippen LogP contribution in [0.25, 0.3) is 0 Å². The van der Waals surface area contributed by atoms with Crippen LogP contribution < -0.4 is 0 Å². The topological polar surface area (TPSA) is 40.5 Å². The van der Waals surface area contributed by atoms with Crippen LogP contribution >= 0.6 is 0 Å². The van der Waals surface area contributed by atoms with Crippen molar-refractivity contribution in [1.82, 2.24) is 4.90 Å². The Morgan fingerprint density at radius 2 is 1.84 bits per heavy atom. The number of carbonyl (C=O) groups excluding carboxylic acids is 1. The van der Waals surface area contributed by atoms with Crippen molar-refractivity contribution in [3.63, 3.8) is 0 Å². The van der Waals surface area contributed by atoms with Gasteiger partial charge in [0, 0.05) is 18.7 Å². The average molecular weight is 345 g/mol. The molecule has 0 saturated carbocycles. The average Bonchev–Trinajstić information content (AvgIpc) is 2.61. The summed E-state index contributed by atoms with van der Waals surface area (Å²) in [5, 5.41) is 9.86. The van der Waals surface area contributed by atoms with Crippen LogP contribution in [0.1, 0.15) is 35.2 Å². The van der Waals surface area contributed by atoms with Crippen LogP contribution in [0.5, 0.6) is 5.75 Å². The molecule has 1 aliphatic heterocycles. The molecule has 1 saturated heterocycles. The Bertz CT molecular complexity index is 743. The normalized spacial score (nSPS) is 17.5. The highest BCUT2D eigenvalue weighted by Crippen LogP contribution is 2.26. The van der Waals surface area contributed by atoms with Gasteiger partial charge in [-0.3, -0.25) is 4.79 Å². The van der Waals surface area contributed by atoms with E-state index in [1.54, 1.807) is 23.1 Å². The number of benzene rings is 2. The Kier molecular flexibility index (Phi) is 5.31. The van der Waals surface area contributed by atoms with E-state index in [1.165, 1.54) is 24.3 Å². The molecule has 0 unspecified atom stereocenters. The lowest BCUT2D eigenvalue weighted by molar-refractivity contribution is 0.0665. The van der Waals surface area contributed by atoms with Crippen LogP contribution in [0.4, 0.5) is 8.78 Å². The number of hydrogen-bond donors (Lipinski definition) is 1. The number of para-hydroxylation sites is 1. The van der Waals surface area contributed by atoms with E-state index >= 15 is 0 Å². The molecular formula is C20H21F2NO2. The fraction of sp³-hybridized carbons (Fsp3) is 0.350. The summed E-state index contributed by atoms with van der Waals surface area (Å²) in [7, 11) is 0. The smallest absolute Gasteiger partial charge is 0.257 e. The van der Waals surface area contributed by atoms with Gasteiger partial charge in [0.15, 0.2) is 0 Å². The molecule has 3 rings (SSSR count). The van der Waals surface area contributed by atoms with Crippen molar-refractivity contribution in [2.45, 2.75) is 25.7 Å². The van der Waals surface area contributed by atoms with Gasteiger partial charge in [-0.2, -0.15) is 0 Å². The number of likely N-dealkylation sites (tertiary alicyclic amines) is 1. The first-order chi connectivity index (χ1) is 12.1. The zero-order valence-electron chi connectivity index (χ0n) is 13.9. The van der Waals surface area contributed by atoms with Crippen LogP contribution in [-0.2, 0) is 6.42 Å². The van der Waals surface area contributed by atoms with Gasteiger partial charge >= 0.3 is 0 Å². The lowest BCUT2D eigenvalue weighted by Crippen LogP contribution is -2.40. The van der Waals surface area contributed by atoms with E-state index in [4.69, 9.17) is 0 Å². The molecule has 2 aromatic carbocycles. The Hall–Kier alpha value is -2.43. The summed E-state index contributed by atoms with van der Waals surface area (Å²) in [4.78, 5) is 14.3. The minimum atomic E-state index is -0.516. The molecule has 25 heavy (non-hydrogen) atoms. The second-order valence-corrected chi connectivity index (χ2v) is 6.52. The molecule has 1 fully saturated rings. The van der Waals surface area contributed by atoms with Crippen molar-refractivity contribution < 1.29 is 18.7 Å². The van der Waals surface area contributed by atoms with Crippen molar-refractivity contribution >= 4 is 5.91 Å². The first-order valence-corrected chi connectivity index (χ1v) is 8.56. The molecule has 0 spiro atoms. The number of halogens is 2. The summed E-state index contributed by atoms with van der Waals surface area (Å²) in [6.07, 6.45) is 2.73. The number of piperidine rings is 1. The van der Waals surface area contributed by atoms with Crippen molar-refractivity contribution in [2.24, 2.45) is 5.92 Å². The quantitative estimate of drug-likeness (QED) is 0.904. The highest BCUT2D eigenvalue weighted by molar-refractivity contribution is 5.96. The zero-order chi connectivity index (χ0) is 17.8. The number of amides is 1. The Morgan fingerprint density at radius 1 is 1.12 bits per heavy atom. The van der Waals surface area contributed by atoms with E-state index in [0.29, 0.717) is 31.5 Å². The molecular weight excluding hydrogens is 324 g/mol. The molecule has 1 aliphatic rings. The summed E-state index contributed by atoms with van der Waals surface area (Å²) in [5.41, 5.74) is 0.412. The molecule has 1 atom stereocenters. The minimum Gasteiger partial charge on any atom is -0.507 e. The fourth-order valence-corrected chi connectivity index (χ4v) is 3.43. The summed E-state index contributed by atoms with van der Waals surface area (Å²) in [6, 6.07) is 10.4. The lowest BCUT2D eigenvalue weighted by atomic mass is 9.91. The molecule has 1 heterocycles. The van der Waals surface area contributed by atoms with Gasteiger partial charge in [0.1, 0.15) is 17.4 Å². The molecule has 5 heteroatoms. The number of rotatable bonds is 4. The summed E-state index contributed by atoms with van der Waals surface area (Å²) in [6.45, 7) is 1.18. The first-order valence-electron chi connectivity index (χ1n) is 8.56. The maximum absolute atomic E-state index is 13.7. The van der Waals surface area contributed by atoms with Crippen molar-refractivity contribution in [2.75, 3.05) is 13.1 Å². The van der Waals surface area contributed by atoms with E-state index in [0.717, 1.165) is 12.8 Å². The van der Waals surface area contributed by atoms with Gasteiger partial charge in [-0.1, -0.05) is 18.2 Å².